The molecular weight excluding hydrogens is 272 g/mol. The highest BCUT2D eigenvalue weighted by Gasteiger charge is 2.52. The van der Waals surface area contributed by atoms with Crippen molar-refractivity contribution in [1.82, 2.24) is 0 Å². The van der Waals surface area contributed by atoms with E-state index in [1.54, 1.807) is 0 Å². The number of benzene rings is 1. The van der Waals surface area contributed by atoms with Crippen LogP contribution in [0.2, 0.25) is 0 Å². The van der Waals surface area contributed by atoms with E-state index in [1.165, 1.54) is 18.9 Å². The van der Waals surface area contributed by atoms with Crippen LogP contribution in [0.5, 0.6) is 0 Å². The molecule has 2 aliphatic carbocycles. The first kappa shape index (κ1) is 13.4. The molecule has 0 spiro atoms. The molecule has 0 aliphatic heterocycles. The predicted molar refractivity (Wildman–Crippen MR) is 77.0 cm³/mol. The number of esters is 1. The molecule has 0 heterocycles. The summed E-state index contributed by atoms with van der Waals surface area (Å²) in [4.78, 5) is 25.4. The highest BCUT2D eigenvalue weighted by Crippen LogP contribution is 2.50. The monoisotopic (exact) mass is 288 g/mol. The summed E-state index contributed by atoms with van der Waals surface area (Å²) in [6, 6.07) is 9.58. The Kier molecular flexibility index (Phi) is 3.66. The molecule has 20 heavy (non-hydrogen) atoms. The Morgan fingerprint density at radius 3 is 2.40 bits per heavy atom. The minimum absolute atomic E-state index is 0.0726. The second-order valence-electron chi connectivity index (χ2n) is 5.26. The lowest BCUT2D eigenvalue weighted by molar-refractivity contribution is -0.149. The predicted octanol–water partition coefficient (Wildman–Crippen LogP) is 2.92. The SMILES string of the molecule is COC(=O)[C@H]1[C@H](C(=O)Sc2ccccc2)[C@H]2C=C[C@@H]1C2. The molecule has 0 radical (unpaired) electrons. The highest BCUT2D eigenvalue weighted by molar-refractivity contribution is 8.13. The lowest BCUT2D eigenvalue weighted by atomic mass is 9.84. The van der Waals surface area contributed by atoms with Crippen LogP contribution in [0.15, 0.2) is 47.4 Å². The highest BCUT2D eigenvalue weighted by atomic mass is 32.2. The number of carbonyl (C=O) groups is 2. The summed E-state index contributed by atoms with van der Waals surface area (Å²) in [5.74, 6) is -0.458. The Morgan fingerprint density at radius 1 is 1.10 bits per heavy atom. The Bertz CT molecular complexity index is 552. The molecule has 2 aliphatic rings. The first-order valence-electron chi connectivity index (χ1n) is 6.73. The first-order valence-corrected chi connectivity index (χ1v) is 7.55. The number of fused-ring (bicyclic) bond motifs is 2. The van der Waals surface area contributed by atoms with Crippen LogP contribution in [-0.4, -0.2) is 18.2 Å². The van der Waals surface area contributed by atoms with Gasteiger partial charge in [-0.15, -0.1) is 0 Å². The van der Waals surface area contributed by atoms with Crippen LogP contribution in [0.1, 0.15) is 6.42 Å². The number of thioether (sulfide) groups is 1. The van der Waals surface area contributed by atoms with E-state index in [-0.39, 0.29) is 34.8 Å². The molecule has 0 unspecified atom stereocenters. The van der Waals surface area contributed by atoms with Crippen molar-refractivity contribution in [2.45, 2.75) is 11.3 Å². The number of rotatable bonds is 3. The zero-order valence-electron chi connectivity index (χ0n) is 11.2. The fourth-order valence-electron chi connectivity index (χ4n) is 3.27. The Hall–Kier alpha value is -1.55. The number of hydrogen-bond acceptors (Lipinski definition) is 4. The van der Waals surface area contributed by atoms with E-state index in [2.05, 4.69) is 12.2 Å². The molecule has 0 amide bonds. The van der Waals surface area contributed by atoms with Crippen molar-refractivity contribution in [3.63, 3.8) is 0 Å². The number of hydrogen-bond donors (Lipinski definition) is 0. The second-order valence-corrected chi connectivity index (χ2v) is 6.34. The zero-order valence-corrected chi connectivity index (χ0v) is 12.0. The third-order valence-electron chi connectivity index (χ3n) is 4.17. The Morgan fingerprint density at radius 2 is 1.75 bits per heavy atom. The molecule has 3 nitrogen and oxygen atoms in total. The van der Waals surface area contributed by atoms with Gasteiger partial charge in [-0.1, -0.05) is 42.1 Å². The van der Waals surface area contributed by atoms with Crippen LogP contribution in [0, 0.1) is 23.7 Å². The van der Waals surface area contributed by atoms with Crippen LogP contribution in [0.25, 0.3) is 0 Å². The summed E-state index contributed by atoms with van der Waals surface area (Å²) in [7, 11) is 1.39. The summed E-state index contributed by atoms with van der Waals surface area (Å²) in [5.41, 5.74) is 0. The standard InChI is InChI=1S/C16H16O3S/c1-19-15(17)13-10-7-8-11(9-10)14(13)16(18)20-12-5-3-2-4-6-12/h2-8,10-11,13-14H,9H2,1H3/t10-,11+,13-,14-/m1/s1. The molecule has 1 aromatic carbocycles. The van der Waals surface area contributed by atoms with Crippen molar-refractivity contribution in [2.75, 3.05) is 7.11 Å². The molecule has 1 saturated carbocycles. The van der Waals surface area contributed by atoms with Crippen LogP contribution in [0.3, 0.4) is 0 Å². The van der Waals surface area contributed by atoms with E-state index in [9.17, 15) is 9.59 Å². The van der Waals surface area contributed by atoms with E-state index in [0.29, 0.717) is 0 Å². The fraction of sp³-hybridized carbons (Fsp3) is 0.375. The van der Waals surface area contributed by atoms with E-state index < -0.39 is 0 Å². The molecule has 2 bridgehead atoms. The summed E-state index contributed by atoms with van der Waals surface area (Å²) < 4.78 is 4.88. The summed E-state index contributed by atoms with van der Waals surface area (Å²) in [6.07, 6.45) is 5.03. The largest absolute Gasteiger partial charge is 0.469 e. The van der Waals surface area contributed by atoms with Gasteiger partial charge in [0.15, 0.2) is 5.12 Å². The molecule has 1 fully saturated rings. The summed E-state index contributed by atoms with van der Waals surface area (Å²) >= 11 is 1.23. The maximum Gasteiger partial charge on any atom is 0.310 e. The number of ether oxygens (including phenoxy) is 1. The lowest BCUT2D eigenvalue weighted by Gasteiger charge is -2.24. The molecule has 0 N–H and O–H groups in total. The van der Waals surface area contributed by atoms with Gasteiger partial charge in [0, 0.05) is 10.8 Å². The number of allylic oxidation sites excluding steroid dienone is 2. The Balaban J connectivity index is 1.79. The van der Waals surface area contributed by atoms with Gasteiger partial charge in [0.05, 0.1) is 13.0 Å². The van der Waals surface area contributed by atoms with Gasteiger partial charge >= 0.3 is 5.97 Å². The Labute approximate surface area is 122 Å². The third-order valence-corrected chi connectivity index (χ3v) is 5.15. The normalized spacial score (nSPS) is 30.4. The average Bonchev–Trinajstić information content (AvgIpc) is 3.08. The quantitative estimate of drug-likeness (QED) is 0.487. The molecule has 0 aromatic heterocycles. The van der Waals surface area contributed by atoms with Crippen molar-refractivity contribution in [3.05, 3.63) is 42.5 Å². The van der Waals surface area contributed by atoms with E-state index >= 15 is 0 Å². The molecule has 104 valence electrons. The van der Waals surface area contributed by atoms with Gasteiger partial charge in [0.2, 0.25) is 0 Å². The van der Waals surface area contributed by atoms with Gasteiger partial charge in [0.25, 0.3) is 0 Å². The molecule has 1 aromatic rings. The maximum atomic E-state index is 12.6. The van der Waals surface area contributed by atoms with Crippen molar-refractivity contribution in [1.29, 1.82) is 0 Å². The van der Waals surface area contributed by atoms with E-state index in [1.807, 2.05) is 30.3 Å². The zero-order chi connectivity index (χ0) is 14.1. The van der Waals surface area contributed by atoms with Gasteiger partial charge in [-0.2, -0.15) is 0 Å². The van der Waals surface area contributed by atoms with Crippen LogP contribution >= 0.6 is 11.8 Å². The van der Waals surface area contributed by atoms with Crippen molar-refractivity contribution >= 4 is 22.8 Å². The van der Waals surface area contributed by atoms with Crippen molar-refractivity contribution < 1.29 is 14.3 Å². The van der Waals surface area contributed by atoms with Gasteiger partial charge < -0.3 is 4.74 Å². The van der Waals surface area contributed by atoms with Crippen LogP contribution in [0.4, 0.5) is 0 Å². The maximum absolute atomic E-state index is 12.6. The smallest absolute Gasteiger partial charge is 0.310 e. The van der Waals surface area contributed by atoms with Gasteiger partial charge in [-0.3, -0.25) is 9.59 Å². The molecular formula is C16H16O3S. The van der Waals surface area contributed by atoms with Gasteiger partial charge in [-0.05, 0) is 30.4 Å². The minimum atomic E-state index is -0.307. The van der Waals surface area contributed by atoms with Crippen molar-refractivity contribution in [2.24, 2.45) is 23.7 Å². The lowest BCUT2D eigenvalue weighted by Crippen LogP contribution is -2.32. The van der Waals surface area contributed by atoms with Crippen LogP contribution < -0.4 is 0 Å². The minimum Gasteiger partial charge on any atom is -0.469 e. The molecule has 4 atom stereocenters. The average molecular weight is 288 g/mol. The molecule has 3 rings (SSSR count). The number of carbonyl (C=O) groups excluding carboxylic acids is 2. The van der Waals surface area contributed by atoms with Crippen LogP contribution in [-0.2, 0) is 14.3 Å². The first-order chi connectivity index (χ1) is 9.70. The van der Waals surface area contributed by atoms with E-state index in [4.69, 9.17) is 4.74 Å². The van der Waals surface area contributed by atoms with Gasteiger partial charge in [-0.25, -0.2) is 0 Å². The van der Waals surface area contributed by atoms with Crippen molar-refractivity contribution in [3.8, 4) is 0 Å². The van der Waals surface area contributed by atoms with Gasteiger partial charge in [0.1, 0.15) is 0 Å². The second kappa shape index (κ2) is 5.44. The molecule has 0 saturated heterocycles. The topological polar surface area (TPSA) is 43.4 Å². The summed E-state index contributed by atoms with van der Waals surface area (Å²) in [6.45, 7) is 0. The molecule has 4 heteroatoms. The summed E-state index contributed by atoms with van der Waals surface area (Å²) in [5, 5.41) is 0.0726. The number of methoxy groups -OCH3 is 1. The van der Waals surface area contributed by atoms with E-state index in [0.717, 1.165) is 11.3 Å². The third kappa shape index (κ3) is 2.29. The fourth-order valence-corrected chi connectivity index (χ4v) is 4.26.